The topological polar surface area (TPSA) is 71.1 Å². The smallest absolute Gasteiger partial charge is 0.291 e. The fraction of sp³-hybridized carbons (Fsp3) is 0.133. The van der Waals surface area contributed by atoms with Crippen LogP contribution < -0.4 is 10.6 Å². The third kappa shape index (κ3) is 4.23. The summed E-state index contributed by atoms with van der Waals surface area (Å²) in [5.74, 6) is -5.51. The number of hydrogen-bond acceptors (Lipinski definition) is 3. The van der Waals surface area contributed by atoms with E-state index in [-0.39, 0.29) is 10.8 Å². The van der Waals surface area contributed by atoms with Crippen molar-refractivity contribution >= 4 is 29.4 Å². The Morgan fingerprint density at radius 3 is 2.54 bits per heavy atom. The van der Waals surface area contributed by atoms with Gasteiger partial charge in [0.1, 0.15) is 5.82 Å². The number of alkyl halides is 2. The predicted octanol–water partition coefficient (Wildman–Crippen LogP) is 3.95. The van der Waals surface area contributed by atoms with E-state index in [2.05, 4.69) is 10.3 Å². The second kappa shape index (κ2) is 6.88. The number of hydrogen-bond donors (Lipinski definition) is 2. The van der Waals surface area contributed by atoms with Crippen LogP contribution in [0.4, 0.5) is 23.8 Å². The van der Waals surface area contributed by atoms with Crippen LogP contribution in [0.1, 0.15) is 22.8 Å². The van der Waals surface area contributed by atoms with Crippen LogP contribution in [0.3, 0.4) is 0 Å². The molecule has 0 unspecified atom stereocenters. The highest BCUT2D eigenvalue weighted by atomic mass is 35.5. The summed E-state index contributed by atoms with van der Waals surface area (Å²) in [4.78, 5) is 27.3. The number of anilines is 1. The van der Waals surface area contributed by atoms with E-state index in [4.69, 9.17) is 11.6 Å². The average molecular weight is 358 g/mol. The number of benzene rings is 1. The van der Waals surface area contributed by atoms with Gasteiger partial charge in [0.05, 0.1) is 10.6 Å². The van der Waals surface area contributed by atoms with Crippen molar-refractivity contribution in [2.75, 3.05) is 5.32 Å². The lowest BCUT2D eigenvalue weighted by molar-refractivity contribution is 0.0171. The van der Waals surface area contributed by atoms with Crippen LogP contribution in [0.5, 0.6) is 0 Å². The van der Waals surface area contributed by atoms with E-state index < -0.39 is 34.8 Å². The van der Waals surface area contributed by atoms with Gasteiger partial charge in [-0.1, -0.05) is 17.7 Å². The number of imide groups is 1. The minimum absolute atomic E-state index is 0.00547. The Hall–Kier alpha value is -2.61. The number of amides is 3. The zero-order valence-corrected chi connectivity index (χ0v) is 13.0. The van der Waals surface area contributed by atoms with E-state index in [9.17, 15) is 22.8 Å². The maximum absolute atomic E-state index is 13.8. The summed E-state index contributed by atoms with van der Waals surface area (Å²) in [6, 6.07) is 4.34. The molecule has 126 valence electrons. The molecular weight excluding hydrogens is 347 g/mol. The minimum Gasteiger partial charge on any atom is -0.291 e. The fourth-order valence-corrected chi connectivity index (χ4v) is 1.93. The summed E-state index contributed by atoms with van der Waals surface area (Å²) in [5.41, 5.74) is -1.13. The molecule has 0 aliphatic heterocycles. The van der Waals surface area contributed by atoms with E-state index in [0.29, 0.717) is 13.0 Å². The largest absolute Gasteiger partial charge is 0.327 e. The van der Waals surface area contributed by atoms with Crippen LogP contribution in [0.2, 0.25) is 5.02 Å². The number of carbonyl (C=O) groups excluding carboxylic acids is 2. The zero-order chi connectivity index (χ0) is 17.9. The highest BCUT2D eigenvalue weighted by molar-refractivity contribution is 6.33. The van der Waals surface area contributed by atoms with Gasteiger partial charge in [-0.15, -0.1) is 0 Å². The maximum Gasteiger partial charge on any atom is 0.327 e. The van der Waals surface area contributed by atoms with Crippen molar-refractivity contribution in [3.63, 3.8) is 0 Å². The molecule has 1 aromatic heterocycles. The van der Waals surface area contributed by atoms with Crippen LogP contribution in [0, 0.1) is 5.82 Å². The monoisotopic (exact) mass is 357 g/mol. The molecule has 5 nitrogen and oxygen atoms in total. The van der Waals surface area contributed by atoms with Crippen LogP contribution in [-0.4, -0.2) is 16.9 Å². The molecule has 0 spiro atoms. The lowest BCUT2D eigenvalue weighted by atomic mass is 10.1. The van der Waals surface area contributed by atoms with Gasteiger partial charge >= 0.3 is 6.03 Å². The summed E-state index contributed by atoms with van der Waals surface area (Å²) < 4.78 is 40.0. The number of pyridine rings is 1. The lowest BCUT2D eigenvalue weighted by Crippen LogP contribution is -2.35. The Morgan fingerprint density at radius 1 is 1.25 bits per heavy atom. The summed E-state index contributed by atoms with van der Waals surface area (Å²) in [6.45, 7) is 0.603. The SMILES string of the molecule is CC(F)(F)c1ccc(C(=O)NC(=O)Nc2ncccc2Cl)c(F)c1. The van der Waals surface area contributed by atoms with Gasteiger partial charge in [-0.25, -0.2) is 22.9 Å². The molecular formula is C15H11ClF3N3O2. The lowest BCUT2D eigenvalue weighted by Gasteiger charge is -2.12. The Bertz CT molecular complexity index is 794. The molecule has 1 aromatic carbocycles. The maximum atomic E-state index is 13.8. The van der Waals surface area contributed by atoms with Crippen molar-refractivity contribution in [1.82, 2.24) is 10.3 Å². The minimum atomic E-state index is -3.25. The normalized spacial score (nSPS) is 11.0. The summed E-state index contributed by atoms with van der Waals surface area (Å²) in [5, 5.41) is 4.21. The number of aromatic nitrogens is 1. The standard InChI is InChI=1S/C15H11ClF3N3O2/c1-15(18,19)8-4-5-9(11(17)7-8)13(23)22-14(24)21-12-10(16)3-2-6-20-12/h2-7H,1H3,(H2,20,21,22,23,24). The molecule has 0 radical (unpaired) electrons. The number of rotatable bonds is 3. The summed E-state index contributed by atoms with van der Waals surface area (Å²) in [7, 11) is 0. The quantitative estimate of drug-likeness (QED) is 0.873. The Labute approximate surface area is 139 Å². The fourth-order valence-electron chi connectivity index (χ4n) is 1.76. The molecule has 0 fully saturated rings. The molecule has 0 atom stereocenters. The van der Waals surface area contributed by atoms with Crippen molar-refractivity contribution in [2.24, 2.45) is 0 Å². The molecule has 1 heterocycles. The van der Waals surface area contributed by atoms with Gasteiger partial charge in [0.25, 0.3) is 11.8 Å². The van der Waals surface area contributed by atoms with Crippen LogP contribution in [-0.2, 0) is 5.92 Å². The van der Waals surface area contributed by atoms with Crippen molar-refractivity contribution in [1.29, 1.82) is 0 Å². The van der Waals surface area contributed by atoms with Crippen molar-refractivity contribution in [3.05, 3.63) is 58.5 Å². The molecule has 0 bridgehead atoms. The molecule has 2 N–H and O–H groups in total. The molecule has 0 aliphatic carbocycles. The first kappa shape index (κ1) is 17.7. The molecule has 2 rings (SSSR count). The highest BCUT2D eigenvalue weighted by Crippen LogP contribution is 2.28. The van der Waals surface area contributed by atoms with Crippen LogP contribution >= 0.6 is 11.6 Å². The molecule has 0 saturated heterocycles. The molecule has 9 heteroatoms. The third-order valence-corrected chi connectivity index (χ3v) is 3.24. The first-order valence-electron chi connectivity index (χ1n) is 6.59. The van der Waals surface area contributed by atoms with E-state index in [0.717, 1.165) is 12.1 Å². The van der Waals surface area contributed by atoms with E-state index >= 15 is 0 Å². The van der Waals surface area contributed by atoms with Crippen molar-refractivity contribution < 1.29 is 22.8 Å². The molecule has 24 heavy (non-hydrogen) atoms. The molecule has 0 saturated carbocycles. The number of halogens is 4. The highest BCUT2D eigenvalue weighted by Gasteiger charge is 2.26. The van der Waals surface area contributed by atoms with E-state index in [1.807, 2.05) is 5.32 Å². The van der Waals surface area contributed by atoms with Gasteiger partial charge < -0.3 is 0 Å². The second-order valence-corrected chi connectivity index (χ2v) is 5.23. The number of carbonyl (C=O) groups is 2. The number of nitrogens with zero attached hydrogens (tertiary/aromatic N) is 1. The number of nitrogens with one attached hydrogen (secondary N) is 2. The van der Waals surface area contributed by atoms with E-state index in [1.54, 1.807) is 0 Å². The molecule has 2 aromatic rings. The van der Waals surface area contributed by atoms with Gasteiger partial charge in [-0.3, -0.25) is 15.4 Å². The first-order chi connectivity index (χ1) is 11.2. The van der Waals surface area contributed by atoms with Crippen LogP contribution in [0.15, 0.2) is 36.5 Å². The van der Waals surface area contributed by atoms with Gasteiger partial charge in [-0.05, 0) is 24.3 Å². The third-order valence-electron chi connectivity index (χ3n) is 2.94. The second-order valence-electron chi connectivity index (χ2n) is 4.83. The van der Waals surface area contributed by atoms with Gasteiger partial charge in [0.15, 0.2) is 5.82 Å². The van der Waals surface area contributed by atoms with Gasteiger partial charge in [0.2, 0.25) is 0 Å². The van der Waals surface area contributed by atoms with Gasteiger partial charge in [-0.2, -0.15) is 0 Å². The molecule has 3 amide bonds. The Kier molecular flexibility index (Phi) is 5.08. The Morgan fingerprint density at radius 2 is 1.96 bits per heavy atom. The summed E-state index contributed by atoms with van der Waals surface area (Å²) >= 11 is 5.79. The Balaban J connectivity index is 2.10. The van der Waals surface area contributed by atoms with Crippen molar-refractivity contribution in [2.45, 2.75) is 12.8 Å². The molecule has 0 aliphatic rings. The predicted molar refractivity (Wildman–Crippen MR) is 81.7 cm³/mol. The van der Waals surface area contributed by atoms with Crippen LogP contribution in [0.25, 0.3) is 0 Å². The zero-order valence-electron chi connectivity index (χ0n) is 12.2. The number of urea groups is 1. The summed E-state index contributed by atoms with van der Waals surface area (Å²) in [6.07, 6.45) is 1.37. The van der Waals surface area contributed by atoms with Crippen molar-refractivity contribution in [3.8, 4) is 0 Å². The van der Waals surface area contributed by atoms with E-state index in [1.165, 1.54) is 18.3 Å². The van der Waals surface area contributed by atoms with Gasteiger partial charge in [0, 0.05) is 18.7 Å². The average Bonchev–Trinajstić information content (AvgIpc) is 2.48. The first-order valence-corrected chi connectivity index (χ1v) is 6.97.